The van der Waals surface area contributed by atoms with Gasteiger partial charge >= 0.3 is 0 Å². The Bertz CT molecular complexity index is 1150. The van der Waals surface area contributed by atoms with Gasteiger partial charge in [0.25, 0.3) is 0 Å². The van der Waals surface area contributed by atoms with Crippen LogP contribution in [-0.4, -0.2) is 19.3 Å². The summed E-state index contributed by atoms with van der Waals surface area (Å²) in [6.07, 6.45) is -0.776. The third-order valence-corrected chi connectivity index (χ3v) is 5.13. The van der Waals surface area contributed by atoms with Gasteiger partial charge in [-0.2, -0.15) is 0 Å². The number of aliphatic hydroxyl groups excluding tert-OH is 1. The minimum atomic E-state index is -0.776. The molecule has 1 unspecified atom stereocenters. The van der Waals surface area contributed by atoms with Crippen molar-refractivity contribution in [3.8, 4) is 17.2 Å². The van der Waals surface area contributed by atoms with Crippen molar-refractivity contribution in [1.29, 1.82) is 0 Å². The number of ether oxygens (including phenoxy) is 3. The van der Waals surface area contributed by atoms with Crippen molar-refractivity contribution in [3.05, 3.63) is 102 Å². The third-order valence-electron chi connectivity index (χ3n) is 5.13. The van der Waals surface area contributed by atoms with Gasteiger partial charge in [-0.25, -0.2) is 0 Å². The van der Waals surface area contributed by atoms with Crippen LogP contribution in [0.5, 0.6) is 17.2 Å². The molecule has 0 aliphatic heterocycles. The maximum atomic E-state index is 10.9. The predicted molar refractivity (Wildman–Crippen MR) is 118 cm³/mol. The molecule has 1 N–H and O–H groups in total. The number of hydrogen-bond acceptors (Lipinski definition) is 4. The maximum Gasteiger partial charge on any atom is 0.161 e. The Hall–Kier alpha value is -3.50. The normalized spacial score (nSPS) is 11.8. The third kappa shape index (κ3) is 4.09. The van der Waals surface area contributed by atoms with Gasteiger partial charge in [0.05, 0.1) is 14.2 Å². The fraction of sp³-hybridized carbons (Fsp3) is 0.154. The summed E-state index contributed by atoms with van der Waals surface area (Å²) in [4.78, 5) is 0. The Kier molecular flexibility index (Phi) is 5.87. The van der Waals surface area contributed by atoms with Crippen LogP contribution in [0.2, 0.25) is 0 Å². The highest BCUT2D eigenvalue weighted by molar-refractivity contribution is 5.88. The Morgan fingerprint density at radius 2 is 1.43 bits per heavy atom. The Morgan fingerprint density at radius 3 is 2.27 bits per heavy atom. The zero-order valence-corrected chi connectivity index (χ0v) is 17.0. The van der Waals surface area contributed by atoms with Gasteiger partial charge in [0.2, 0.25) is 0 Å². The lowest BCUT2D eigenvalue weighted by atomic mass is 9.99. The van der Waals surface area contributed by atoms with Crippen LogP contribution >= 0.6 is 0 Å². The van der Waals surface area contributed by atoms with E-state index >= 15 is 0 Å². The minimum Gasteiger partial charge on any atom is -0.493 e. The number of aliphatic hydroxyl groups is 1. The minimum absolute atomic E-state index is 0.417. The molecule has 0 aromatic heterocycles. The molecule has 4 heteroatoms. The first-order valence-corrected chi connectivity index (χ1v) is 9.79. The van der Waals surface area contributed by atoms with Gasteiger partial charge in [0.15, 0.2) is 11.5 Å². The van der Waals surface area contributed by atoms with Crippen molar-refractivity contribution >= 4 is 10.8 Å². The Morgan fingerprint density at radius 1 is 0.700 bits per heavy atom. The quantitative estimate of drug-likeness (QED) is 0.444. The molecule has 0 amide bonds. The van der Waals surface area contributed by atoms with Crippen LogP contribution in [0, 0.1) is 0 Å². The van der Waals surface area contributed by atoms with Crippen LogP contribution in [0.4, 0.5) is 0 Å². The highest BCUT2D eigenvalue weighted by Crippen LogP contribution is 2.32. The SMILES string of the molecule is COc1ccc(C(O)c2cccc(COc3cccc4ccccc34)c2)cc1OC. The van der Waals surface area contributed by atoms with E-state index in [9.17, 15) is 5.11 Å². The van der Waals surface area contributed by atoms with E-state index in [0.717, 1.165) is 33.2 Å². The smallest absolute Gasteiger partial charge is 0.161 e. The van der Waals surface area contributed by atoms with E-state index < -0.39 is 6.10 Å². The predicted octanol–water partition coefficient (Wildman–Crippen LogP) is 5.52. The van der Waals surface area contributed by atoms with E-state index in [1.165, 1.54) is 0 Å². The summed E-state index contributed by atoms with van der Waals surface area (Å²) in [5, 5.41) is 13.1. The van der Waals surface area contributed by atoms with E-state index in [0.29, 0.717) is 18.1 Å². The van der Waals surface area contributed by atoms with E-state index in [1.54, 1.807) is 26.4 Å². The Balaban J connectivity index is 1.54. The molecule has 0 radical (unpaired) electrons. The molecule has 0 saturated heterocycles. The number of benzene rings is 4. The summed E-state index contributed by atoms with van der Waals surface area (Å²) < 4.78 is 16.7. The lowest BCUT2D eigenvalue weighted by Crippen LogP contribution is -2.03. The van der Waals surface area contributed by atoms with Crippen LogP contribution < -0.4 is 14.2 Å². The maximum absolute atomic E-state index is 10.9. The second-order valence-electron chi connectivity index (χ2n) is 7.03. The van der Waals surface area contributed by atoms with Crippen molar-refractivity contribution in [2.45, 2.75) is 12.7 Å². The molecule has 4 aromatic rings. The summed E-state index contributed by atoms with van der Waals surface area (Å²) in [6.45, 7) is 0.417. The average Bonchev–Trinajstić information content (AvgIpc) is 2.82. The molecule has 0 bridgehead atoms. The van der Waals surface area contributed by atoms with Gasteiger partial charge in [-0.05, 0) is 46.3 Å². The van der Waals surface area contributed by atoms with Crippen molar-refractivity contribution < 1.29 is 19.3 Å². The zero-order chi connectivity index (χ0) is 20.9. The molecule has 4 rings (SSSR count). The number of rotatable bonds is 7. The summed E-state index contributed by atoms with van der Waals surface area (Å²) >= 11 is 0. The molecule has 0 spiro atoms. The molecule has 152 valence electrons. The number of fused-ring (bicyclic) bond motifs is 1. The van der Waals surface area contributed by atoms with Crippen molar-refractivity contribution in [2.75, 3.05) is 14.2 Å². The molecular weight excluding hydrogens is 376 g/mol. The second-order valence-corrected chi connectivity index (χ2v) is 7.03. The molecule has 0 fully saturated rings. The fourth-order valence-electron chi connectivity index (χ4n) is 3.55. The molecule has 1 atom stereocenters. The van der Waals surface area contributed by atoms with Crippen molar-refractivity contribution in [1.82, 2.24) is 0 Å². The lowest BCUT2D eigenvalue weighted by Gasteiger charge is -2.16. The van der Waals surface area contributed by atoms with E-state index in [2.05, 4.69) is 18.2 Å². The topological polar surface area (TPSA) is 47.9 Å². The molecule has 0 aliphatic rings. The van der Waals surface area contributed by atoms with E-state index in [4.69, 9.17) is 14.2 Å². The zero-order valence-electron chi connectivity index (χ0n) is 17.0. The van der Waals surface area contributed by atoms with Crippen molar-refractivity contribution in [2.24, 2.45) is 0 Å². The largest absolute Gasteiger partial charge is 0.493 e. The van der Waals surface area contributed by atoms with Gasteiger partial charge < -0.3 is 19.3 Å². The number of hydrogen-bond donors (Lipinski definition) is 1. The first-order chi connectivity index (χ1) is 14.7. The van der Waals surface area contributed by atoms with Crippen LogP contribution in [0.25, 0.3) is 10.8 Å². The fourth-order valence-corrected chi connectivity index (χ4v) is 3.55. The van der Waals surface area contributed by atoms with E-state index in [-0.39, 0.29) is 0 Å². The van der Waals surface area contributed by atoms with Gasteiger partial charge in [-0.1, -0.05) is 60.7 Å². The van der Waals surface area contributed by atoms with Crippen LogP contribution in [0.1, 0.15) is 22.8 Å². The first-order valence-electron chi connectivity index (χ1n) is 9.79. The number of methoxy groups -OCH3 is 2. The van der Waals surface area contributed by atoms with Gasteiger partial charge in [0.1, 0.15) is 18.5 Å². The summed E-state index contributed by atoms with van der Waals surface area (Å²) in [7, 11) is 3.17. The van der Waals surface area contributed by atoms with Crippen LogP contribution in [0.3, 0.4) is 0 Å². The molecule has 4 nitrogen and oxygen atoms in total. The Labute approximate surface area is 176 Å². The van der Waals surface area contributed by atoms with Crippen molar-refractivity contribution in [3.63, 3.8) is 0 Å². The van der Waals surface area contributed by atoms with Gasteiger partial charge in [-0.3, -0.25) is 0 Å². The van der Waals surface area contributed by atoms with E-state index in [1.807, 2.05) is 54.6 Å². The highest BCUT2D eigenvalue weighted by Gasteiger charge is 2.14. The standard InChI is InChI=1S/C26H24O4/c1-28-24-14-13-21(16-25(24)29-2)26(27)20-10-5-7-18(15-20)17-30-23-12-6-9-19-8-3-4-11-22(19)23/h3-16,26-27H,17H2,1-2H3. The summed E-state index contributed by atoms with van der Waals surface area (Å²) in [5.74, 6) is 2.06. The molecule has 0 aliphatic carbocycles. The van der Waals surface area contributed by atoms with Crippen LogP contribution in [-0.2, 0) is 6.61 Å². The first kappa shape index (κ1) is 19.8. The molecule has 0 saturated carbocycles. The molecule has 4 aromatic carbocycles. The van der Waals surface area contributed by atoms with Gasteiger partial charge in [0, 0.05) is 5.39 Å². The molecule has 0 heterocycles. The second kappa shape index (κ2) is 8.89. The summed E-state index contributed by atoms with van der Waals surface area (Å²) in [6, 6.07) is 27.4. The molecular formula is C26H24O4. The monoisotopic (exact) mass is 400 g/mol. The van der Waals surface area contributed by atoms with Crippen LogP contribution in [0.15, 0.2) is 84.9 Å². The molecule has 30 heavy (non-hydrogen) atoms. The summed E-state index contributed by atoms with van der Waals surface area (Å²) in [5.41, 5.74) is 2.51. The lowest BCUT2D eigenvalue weighted by molar-refractivity contribution is 0.219. The average molecular weight is 400 g/mol. The highest BCUT2D eigenvalue weighted by atomic mass is 16.5. The van der Waals surface area contributed by atoms with Gasteiger partial charge in [-0.15, -0.1) is 0 Å².